The third-order valence-corrected chi connectivity index (χ3v) is 7.70. The van der Waals surface area contributed by atoms with Gasteiger partial charge in [0.05, 0.1) is 0 Å². The van der Waals surface area contributed by atoms with Crippen LogP contribution in [0, 0.1) is 11.6 Å². The minimum atomic E-state index is -2.44. The molecule has 0 saturated carbocycles. The van der Waals surface area contributed by atoms with Gasteiger partial charge in [-0.05, 0) is 68.1 Å². The van der Waals surface area contributed by atoms with Gasteiger partial charge in [0.1, 0.15) is 25.3 Å². The summed E-state index contributed by atoms with van der Waals surface area (Å²) in [6, 6.07) is 10.5. The van der Waals surface area contributed by atoms with Crippen molar-refractivity contribution in [2.75, 3.05) is 24.8 Å². The summed E-state index contributed by atoms with van der Waals surface area (Å²) in [5, 5.41) is 0.647. The van der Waals surface area contributed by atoms with Gasteiger partial charge in [-0.1, -0.05) is 0 Å². The zero-order chi connectivity index (χ0) is 24.0. The molecule has 5 rings (SSSR count). The maximum atomic E-state index is 14.6. The van der Waals surface area contributed by atoms with Crippen LogP contribution in [0.2, 0.25) is 0 Å². The first kappa shape index (κ1) is 22.6. The molecule has 2 aromatic carbocycles. The first-order chi connectivity index (χ1) is 16.2. The number of hydrogen-bond donors (Lipinski definition) is 0. The summed E-state index contributed by atoms with van der Waals surface area (Å²) in [6.45, 7) is 4.62. The number of anilines is 1. The van der Waals surface area contributed by atoms with Crippen LogP contribution in [-0.4, -0.2) is 35.5 Å². The van der Waals surface area contributed by atoms with Crippen LogP contribution in [0.5, 0.6) is 17.4 Å². The fourth-order valence-corrected chi connectivity index (χ4v) is 5.30. The molecule has 1 unspecified atom stereocenters. The number of rotatable bonds is 6. The Kier molecular flexibility index (Phi) is 5.68. The topological polar surface area (TPSA) is 73.7 Å². The Morgan fingerprint density at radius 1 is 1.12 bits per heavy atom. The molecular formula is C24H24F2N3O4P. The first-order valence-corrected chi connectivity index (χ1v) is 13.6. The van der Waals surface area contributed by atoms with Gasteiger partial charge in [-0.3, -0.25) is 4.57 Å². The van der Waals surface area contributed by atoms with Crippen LogP contribution in [0.3, 0.4) is 0 Å². The predicted molar refractivity (Wildman–Crippen MR) is 125 cm³/mol. The summed E-state index contributed by atoms with van der Waals surface area (Å²) in [5.74, 6) is -1.20. The smallest absolute Gasteiger partial charge is 0.352 e. The number of hydrogen-bond acceptors (Lipinski definition) is 6. The molecule has 3 aromatic rings. The molecule has 0 bridgehead atoms. The Hall–Kier alpha value is -3.19. The van der Waals surface area contributed by atoms with Crippen LogP contribution in [0.1, 0.15) is 18.4 Å². The monoisotopic (exact) mass is 487 g/mol. The van der Waals surface area contributed by atoms with Crippen molar-refractivity contribution in [2.24, 2.45) is 0 Å². The molecule has 1 saturated heterocycles. The van der Waals surface area contributed by atoms with Crippen molar-refractivity contribution in [3.63, 3.8) is 0 Å². The van der Waals surface area contributed by atoms with E-state index in [1.807, 2.05) is 0 Å². The van der Waals surface area contributed by atoms with Gasteiger partial charge in [0.2, 0.25) is 5.88 Å². The third kappa shape index (κ3) is 4.32. The Bertz CT molecular complexity index is 1330. The summed E-state index contributed by atoms with van der Waals surface area (Å²) in [4.78, 5) is 18.5. The highest BCUT2D eigenvalue weighted by Gasteiger charge is 2.34. The zero-order valence-corrected chi connectivity index (χ0v) is 19.7. The molecule has 10 heteroatoms. The molecule has 2 aliphatic rings. The quantitative estimate of drug-likeness (QED) is 0.487. The zero-order valence-electron chi connectivity index (χ0n) is 18.8. The van der Waals surface area contributed by atoms with Gasteiger partial charge in [0.25, 0.3) is 0 Å². The molecule has 7 nitrogen and oxygen atoms in total. The molecule has 178 valence electrons. The lowest BCUT2D eigenvalue weighted by Crippen LogP contribution is -2.24. The van der Waals surface area contributed by atoms with Gasteiger partial charge < -0.3 is 18.9 Å². The minimum Gasteiger partial charge on any atom is -0.473 e. The van der Waals surface area contributed by atoms with E-state index in [-0.39, 0.29) is 23.8 Å². The van der Waals surface area contributed by atoms with Gasteiger partial charge in [-0.25, -0.2) is 13.6 Å². The lowest BCUT2D eigenvalue weighted by molar-refractivity contribution is 0.289. The molecular weight excluding hydrogens is 463 g/mol. The van der Waals surface area contributed by atoms with Crippen molar-refractivity contribution >= 4 is 18.3 Å². The van der Waals surface area contributed by atoms with E-state index in [2.05, 4.69) is 9.88 Å². The highest BCUT2D eigenvalue weighted by atomic mass is 31.2. The number of nitrogens with zero attached hydrogens (tertiary/aromatic N) is 3. The van der Waals surface area contributed by atoms with Crippen molar-refractivity contribution < 1.29 is 22.8 Å². The molecule has 0 N–H and O–H groups in total. The van der Waals surface area contributed by atoms with Crippen LogP contribution in [0.25, 0.3) is 0 Å². The second-order valence-corrected chi connectivity index (χ2v) is 12.2. The minimum absolute atomic E-state index is 0.120. The normalized spacial score (nSPS) is 16.9. The second kappa shape index (κ2) is 8.55. The van der Waals surface area contributed by atoms with Crippen LogP contribution in [0.15, 0.2) is 47.3 Å². The fraction of sp³-hybridized carbons (Fsp3) is 0.333. The lowest BCUT2D eigenvalue weighted by atomic mass is 10.2. The van der Waals surface area contributed by atoms with Crippen LogP contribution >= 0.6 is 7.14 Å². The Morgan fingerprint density at radius 3 is 2.50 bits per heavy atom. The standard InChI is InChI=1S/C24H24F2N3O4P/c1-34(2,31)18-7-5-17(6-8-18)33-23-19(25)10-15(11-20(23)26)14-32-21-12-22-28-9-3-4-16(28)13-29(22)24(30)27-21/h5-8,10-12,16H,3-4,9,13-14H2,1-2H3. The summed E-state index contributed by atoms with van der Waals surface area (Å²) in [5.41, 5.74) is -0.159. The molecule has 0 spiro atoms. The van der Waals surface area contributed by atoms with Crippen molar-refractivity contribution in [1.29, 1.82) is 0 Å². The molecule has 0 radical (unpaired) electrons. The van der Waals surface area contributed by atoms with Crippen molar-refractivity contribution in [2.45, 2.75) is 32.0 Å². The third-order valence-electron chi connectivity index (χ3n) is 6.15. The largest absolute Gasteiger partial charge is 0.473 e. The summed E-state index contributed by atoms with van der Waals surface area (Å²) in [6.07, 6.45) is 2.11. The van der Waals surface area contributed by atoms with E-state index in [4.69, 9.17) is 9.47 Å². The van der Waals surface area contributed by atoms with Crippen molar-refractivity contribution in [3.8, 4) is 17.4 Å². The van der Waals surface area contributed by atoms with Crippen molar-refractivity contribution in [1.82, 2.24) is 9.55 Å². The average Bonchev–Trinajstić information content (AvgIpc) is 3.37. The van der Waals surface area contributed by atoms with Gasteiger partial charge in [0, 0.05) is 30.5 Å². The first-order valence-electron chi connectivity index (χ1n) is 11.0. The van der Waals surface area contributed by atoms with Gasteiger partial charge in [-0.2, -0.15) is 4.98 Å². The second-order valence-electron chi connectivity index (χ2n) is 8.96. The highest BCUT2D eigenvalue weighted by molar-refractivity contribution is 7.70. The Balaban J connectivity index is 1.30. The maximum absolute atomic E-state index is 14.6. The van der Waals surface area contributed by atoms with Gasteiger partial charge in [0.15, 0.2) is 17.4 Å². The van der Waals surface area contributed by atoms with E-state index in [0.717, 1.165) is 37.3 Å². The maximum Gasteiger partial charge on any atom is 0.352 e. The Labute approximate surface area is 195 Å². The number of fused-ring (bicyclic) bond motifs is 3. The van der Waals surface area contributed by atoms with Crippen LogP contribution in [-0.2, 0) is 17.7 Å². The summed E-state index contributed by atoms with van der Waals surface area (Å²) >= 11 is 0. The van der Waals surface area contributed by atoms with E-state index in [9.17, 15) is 18.1 Å². The summed E-state index contributed by atoms with van der Waals surface area (Å²) < 4.78 is 54.0. The molecule has 0 amide bonds. The number of halogens is 2. The van der Waals surface area contributed by atoms with E-state index in [0.29, 0.717) is 17.9 Å². The number of aromatic nitrogens is 2. The molecule has 3 heterocycles. The Morgan fingerprint density at radius 2 is 1.82 bits per heavy atom. The van der Waals surface area contributed by atoms with E-state index >= 15 is 0 Å². The van der Waals surface area contributed by atoms with Crippen molar-refractivity contribution in [3.05, 3.63) is 70.1 Å². The predicted octanol–water partition coefficient (Wildman–Crippen LogP) is 4.12. The lowest BCUT2D eigenvalue weighted by Gasteiger charge is -2.17. The van der Waals surface area contributed by atoms with Gasteiger partial charge in [-0.15, -0.1) is 0 Å². The number of benzene rings is 2. The molecule has 0 aliphatic carbocycles. The molecule has 1 aromatic heterocycles. The molecule has 1 fully saturated rings. The number of ether oxygens (including phenoxy) is 2. The molecule has 34 heavy (non-hydrogen) atoms. The highest BCUT2D eigenvalue weighted by Crippen LogP contribution is 2.36. The van der Waals surface area contributed by atoms with Crippen LogP contribution in [0.4, 0.5) is 14.6 Å². The average molecular weight is 487 g/mol. The fourth-order valence-electron chi connectivity index (χ4n) is 4.44. The molecule has 2 aliphatic heterocycles. The van der Waals surface area contributed by atoms with E-state index in [1.54, 1.807) is 36.1 Å². The van der Waals surface area contributed by atoms with Crippen LogP contribution < -0.4 is 25.4 Å². The van der Waals surface area contributed by atoms with E-state index in [1.165, 1.54) is 12.1 Å². The summed E-state index contributed by atoms with van der Waals surface area (Å²) in [7, 11) is -2.44. The van der Waals surface area contributed by atoms with Gasteiger partial charge >= 0.3 is 5.69 Å². The SMILES string of the molecule is CP(C)(=O)c1ccc(Oc2c(F)cc(COc3cc4n(c(=O)n3)CC3CCCN43)cc2F)cc1. The molecule has 1 atom stereocenters. The van der Waals surface area contributed by atoms with E-state index < -0.39 is 30.2 Å².